The first-order chi connectivity index (χ1) is 14.1. The van der Waals surface area contributed by atoms with Crippen molar-refractivity contribution in [3.63, 3.8) is 0 Å². The summed E-state index contributed by atoms with van der Waals surface area (Å²) in [6, 6.07) is 26.5. The monoisotopic (exact) mass is 398 g/mol. The van der Waals surface area contributed by atoms with E-state index >= 15 is 0 Å². The highest BCUT2D eigenvalue weighted by Crippen LogP contribution is 2.32. The Bertz CT molecular complexity index is 1420. The van der Waals surface area contributed by atoms with Crippen LogP contribution in [-0.4, -0.2) is 18.0 Å². The Labute approximate surface area is 169 Å². The van der Waals surface area contributed by atoms with E-state index in [1.807, 2.05) is 31.2 Å². The van der Waals surface area contributed by atoms with Crippen LogP contribution >= 0.6 is 0 Å². The molecule has 0 aliphatic rings. The van der Waals surface area contributed by atoms with E-state index in [2.05, 4.69) is 33.8 Å². The molecule has 0 saturated carbocycles. The fraction of sp³-hybridized carbons (Fsp3) is 0.0417. The molecule has 0 aliphatic heterocycles. The van der Waals surface area contributed by atoms with Gasteiger partial charge in [-0.1, -0.05) is 54.6 Å². The molecular formula is C24H18N2O2S. The molecule has 0 atom stereocenters. The minimum absolute atomic E-state index is 0.200. The summed E-state index contributed by atoms with van der Waals surface area (Å²) in [7, 11) is -3.60. The second-order valence-electron chi connectivity index (χ2n) is 7.00. The van der Waals surface area contributed by atoms with Gasteiger partial charge in [0.05, 0.1) is 20.8 Å². The molecule has 5 heteroatoms. The highest BCUT2D eigenvalue weighted by atomic mass is 32.2. The number of hydrogen-bond acceptors (Lipinski definition) is 3. The molecule has 2 aromatic heterocycles. The van der Waals surface area contributed by atoms with Crippen molar-refractivity contribution in [1.29, 1.82) is 0 Å². The summed E-state index contributed by atoms with van der Waals surface area (Å²) in [6.07, 6.45) is 1.45. The molecule has 0 N–H and O–H groups in total. The van der Waals surface area contributed by atoms with Crippen molar-refractivity contribution < 1.29 is 8.42 Å². The van der Waals surface area contributed by atoms with E-state index in [1.165, 1.54) is 6.20 Å². The Balaban J connectivity index is 1.73. The molecule has 2 heterocycles. The van der Waals surface area contributed by atoms with Crippen LogP contribution in [0.15, 0.2) is 101 Å². The maximum absolute atomic E-state index is 13.0. The van der Waals surface area contributed by atoms with Crippen molar-refractivity contribution in [3.05, 3.63) is 96.7 Å². The van der Waals surface area contributed by atoms with Crippen molar-refractivity contribution in [3.8, 4) is 5.82 Å². The summed E-state index contributed by atoms with van der Waals surface area (Å²) in [5, 5.41) is 2.29. The van der Waals surface area contributed by atoms with Gasteiger partial charge in [0, 0.05) is 17.0 Å². The zero-order valence-electron chi connectivity index (χ0n) is 15.8. The number of sulfone groups is 1. The SMILES string of the molecule is Cc1cc(S(=O)(=O)c2ccccc2)cnc1-n1c2ccccc2c2ccccc21. The van der Waals surface area contributed by atoms with Crippen LogP contribution in [-0.2, 0) is 9.84 Å². The van der Waals surface area contributed by atoms with E-state index in [1.54, 1.807) is 36.4 Å². The minimum Gasteiger partial charge on any atom is -0.294 e. The second-order valence-corrected chi connectivity index (χ2v) is 8.95. The van der Waals surface area contributed by atoms with Crippen LogP contribution in [0, 0.1) is 6.92 Å². The third kappa shape index (κ3) is 2.74. The molecule has 0 fully saturated rings. The molecule has 0 saturated heterocycles. The van der Waals surface area contributed by atoms with Gasteiger partial charge in [-0.25, -0.2) is 13.4 Å². The zero-order chi connectivity index (χ0) is 20.0. The predicted molar refractivity (Wildman–Crippen MR) is 115 cm³/mol. The van der Waals surface area contributed by atoms with Crippen molar-refractivity contribution in [2.24, 2.45) is 0 Å². The lowest BCUT2D eigenvalue weighted by Gasteiger charge is -2.12. The van der Waals surface area contributed by atoms with E-state index in [4.69, 9.17) is 0 Å². The van der Waals surface area contributed by atoms with Crippen molar-refractivity contribution >= 4 is 31.6 Å². The number of rotatable bonds is 3. The Kier molecular flexibility index (Phi) is 4.00. The largest absolute Gasteiger partial charge is 0.294 e. The van der Waals surface area contributed by atoms with E-state index < -0.39 is 9.84 Å². The van der Waals surface area contributed by atoms with Gasteiger partial charge in [0.1, 0.15) is 5.82 Å². The number of pyridine rings is 1. The number of nitrogens with zero attached hydrogens (tertiary/aromatic N) is 2. The summed E-state index contributed by atoms with van der Waals surface area (Å²) < 4.78 is 28.0. The summed E-state index contributed by atoms with van der Waals surface area (Å²) in [5.41, 5.74) is 2.89. The molecule has 0 unspecified atom stereocenters. The van der Waals surface area contributed by atoms with Crippen LogP contribution in [0.1, 0.15) is 5.56 Å². The van der Waals surface area contributed by atoms with Gasteiger partial charge in [0.25, 0.3) is 0 Å². The highest BCUT2D eigenvalue weighted by molar-refractivity contribution is 7.91. The van der Waals surface area contributed by atoms with Gasteiger partial charge in [-0.3, -0.25) is 4.57 Å². The normalized spacial score (nSPS) is 11.9. The second kappa shape index (κ2) is 6.57. The van der Waals surface area contributed by atoms with Crippen LogP contribution < -0.4 is 0 Å². The molecule has 0 bridgehead atoms. The zero-order valence-corrected chi connectivity index (χ0v) is 16.6. The first kappa shape index (κ1) is 17.6. The lowest BCUT2D eigenvalue weighted by molar-refractivity contribution is 0.595. The van der Waals surface area contributed by atoms with Gasteiger partial charge >= 0.3 is 0 Å². The molecule has 29 heavy (non-hydrogen) atoms. The van der Waals surface area contributed by atoms with E-state index in [-0.39, 0.29) is 9.79 Å². The van der Waals surface area contributed by atoms with Gasteiger partial charge in [0.15, 0.2) is 0 Å². The molecule has 5 rings (SSSR count). The molecule has 142 valence electrons. The number of fused-ring (bicyclic) bond motifs is 3. The standard InChI is InChI=1S/C24H18N2O2S/c1-17-15-19(29(27,28)18-9-3-2-4-10-18)16-25-24(17)26-22-13-7-5-11-20(22)21-12-6-8-14-23(21)26/h2-16H,1H3. The first-order valence-corrected chi connectivity index (χ1v) is 10.8. The smallest absolute Gasteiger partial charge is 0.208 e. The van der Waals surface area contributed by atoms with Gasteiger partial charge in [-0.05, 0) is 42.8 Å². The van der Waals surface area contributed by atoms with E-state index in [9.17, 15) is 8.42 Å². The maximum atomic E-state index is 13.0. The van der Waals surface area contributed by atoms with Gasteiger partial charge in [-0.15, -0.1) is 0 Å². The number of hydrogen-bond donors (Lipinski definition) is 0. The number of aryl methyl sites for hydroxylation is 1. The Morgan fingerprint density at radius 3 is 1.86 bits per heavy atom. The summed E-state index contributed by atoms with van der Waals surface area (Å²) in [6.45, 7) is 1.90. The van der Waals surface area contributed by atoms with Crippen LogP contribution in [0.3, 0.4) is 0 Å². The first-order valence-electron chi connectivity index (χ1n) is 9.33. The molecule has 0 radical (unpaired) electrons. The molecule has 0 aliphatic carbocycles. The summed E-state index contributed by atoms with van der Waals surface area (Å²) >= 11 is 0. The third-order valence-electron chi connectivity index (χ3n) is 5.18. The number of aromatic nitrogens is 2. The lowest BCUT2D eigenvalue weighted by Crippen LogP contribution is -2.06. The maximum Gasteiger partial charge on any atom is 0.208 e. The van der Waals surface area contributed by atoms with Gasteiger partial charge < -0.3 is 0 Å². The predicted octanol–water partition coefficient (Wildman–Crippen LogP) is 5.32. The van der Waals surface area contributed by atoms with E-state index in [0.29, 0.717) is 0 Å². The highest BCUT2D eigenvalue weighted by Gasteiger charge is 2.20. The van der Waals surface area contributed by atoms with E-state index in [0.717, 1.165) is 33.2 Å². The minimum atomic E-state index is -3.60. The van der Waals surface area contributed by atoms with Crippen molar-refractivity contribution in [2.45, 2.75) is 16.7 Å². The van der Waals surface area contributed by atoms with Crippen LogP contribution in [0.4, 0.5) is 0 Å². The Hall–Kier alpha value is -3.44. The van der Waals surface area contributed by atoms with Crippen molar-refractivity contribution in [2.75, 3.05) is 0 Å². The van der Waals surface area contributed by atoms with Crippen LogP contribution in [0.5, 0.6) is 0 Å². The van der Waals surface area contributed by atoms with Gasteiger partial charge in [-0.2, -0.15) is 0 Å². The van der Waals surface area contributed by atoms with Crippen molar-refractivity contribution in [1.82, 2.24) is 9.55 Å². The Morgan fingerprint density at radius 2 is 1.28 bits per heavy atom. The van der Waals surface area contributed by atoms with Crippen LogP contribution in [0.2, 0.25) is 0 Å². The van der Waals surface area contributed by atoms with Gasteiger partial charge in [0.2, 0.25) is 9.84 Å². The molecule has 5 aromatic rings. The summed E-state index contributed by atoms with van der Waals surface area (Å²) in [5.74, 6) is 0.731. The molecule has 4 nitrogen and oxygen atoms in total. The topological polar surface area (TPSA) is 52.0 Å². The average molecular weight is 398 g/mol. The quantitative estimate of drug-likeness (QED) is 0.413. The molecular weight excluding hydrogens is 380 g/mol. The molecule has 0 spiro atoms. The fourth-order valence-corrected chi connectivity index (χ4v) is 5.12. The number of benzene rings is 3. The number of para-hydroxylation sites is 2. The molecule has 0 amide bonds. The molecule has 3 aromatic carbocycles. The Morgan fingerprint density at radius 1 is 0.724 bits per heavy atom. The average Bonchev–Trinajstić information content (AvgIpc) is 3.09. The summed E-state index contributed by atoms with van der Waals surface area (Å²) in [4.78, 5) is 5.07. The lowest BCUT2D eigenvalue weighted by atomic mass is 10.2. The third-order valence-corrected chi connectivity index (χ3v) is 6.92. The van der Waals surface area contributed by atoms with Crippen LogP contribution in [0.25, 0.3) is 27.6 Å². The fourth-order valence-electron chi connectivity index (χ4n) is 3.81.